The fraction of sp³-hybridized carbons (Fsp3) is 0.632. The standard InChI is InChI=1S/C19H27N3O2/c1-4-8-19(9-5-1,15-22-10-12-23-13-11-22)14-20-18-21-16-6-2-3-7-17(16)24-18/h2-3,6-7H,1,4-5,8-15H2,(H,20,21). The van der Waals surface area contributed by atoms with Gasteiger partial charge < -0.3 is 14.5 Å². The molecule has 5 heteroatoms. The molecule has 1 aromatic carbocycles. The van der Waals surface area contributed by atoms with E-state index in [0.717, 1.165) is 50.5 Å². The van der Waals surface area contributed by atoms with Crippen LogP contribution in [0.4, 0.5) is 6.01 Å². The first-order chi connectivity index (χ1) is 11.8. The summed E-state index contributed by atoms with van der Waals surface area (Å²) in [4.78, 5) is 7.14. The van der Waals surface area contributed by atoms with Gasteiger partial charge in [0.1, 0.15) is 5.52 Å². The molecule has 1 aromatic heterocycles. The lowest BCUT2D eigenvalue weighted by Gasteiger charge is -2.42. The predicted octanol–water partition coefficient (Wildman–Crippen LogP) is 3.52. The molecule has 130 valence electrons. The monoisotopic (exact) mass is 329 g/mol. The minimum Gasteiger partial charge on any atom is -0.424 e. The van der Waals surface area contributed by atoms with E-state index >= 15 is 0 Å². The number of ether oxygens (including phenoxy) is 1. The third kappa shape index (κ3) is 3.57. The molecule has 2 heterocycles. The Balaban J connectivity index is 1.44. The van der Waals surface area contributed by atoms with E-state index in [0.29, 0.717) is 11.4 Å². The summed E-state index contributed by atoms with van der Waals surface area (Å²) in [6.07, 6.45) is 6.61. The highest BCUT2D eigenvalue weighted by molar-refractivity contribution is 5.74. The normalized spacial score (nSPS) is 21.8. The summed E-state index contributed by atoms with van der Waals surface area (Å²) >= 11 is 0. The first-order valence-corrected chi connectivity index (χ1v) is 9.23. The molecule has 0 amide bonds. The minimum absolute atomic E-state index is 0.330. The smallest absolute Gasteiger partial charge is 0.295 e. The molecule has 0 unspecified atom stereocenters. The molecule has 2 aromatic rings. The Labute approximate surface area is 143 Å². The number of hydrogen-bond donors (Lipinski definition) is 1. The number of morpholine rings is 1. The average Bonchev–Trinajstić information content (AvgIpc) is 3.05. The Morgan fingerprint density at radius 3 is 2.67 bits per heavy atom. The zero-order valence-electron chi connectivity index (χ0n) is 14.3. The van der Waals surface area contributed by atoms with E-state index < -0.39 is 0 Å². The van der Waals surface area contributed by atoms with Gasteiger partial charge in [0.15, 0.2) is 5.58 Å². The Morgan fingerprint density at radius 2 is 1.88 bits per heavy atom. The third-order valence-corrected chi connectivity index (χ3v) is 5.49. The molecule has 1 N–H and O–H groups in total. The second kappa shape index (κ2) is 7.11. The van der Waals surface area contributed by atoms with E-state index in [1.165, 1.54) is 32.1 Å². The number of rotatable bonds is 5. The van der Waals surface area contributed by atoms with E-state index in [4.69, 9.17) is 9.15 Å². The van der Waals surface area contributed by atoms with Crippen molar-refractivity contribution in [2.45, 2.75) is 32.1 Å². The number of benzene rings is 1. The van der Waals surface area contributed by atoms with Crippen LogP contribution in [0.5, 0.6) is 0 Å². The summed E-state index contributed by atoms with van der Waals surface area (Å²) in [6, 6.07) is 8.60. The molecule has 24 heavy (non-hydrogen) atoms. The Bertz CT molecular complexity index is 624. The van der Waals surface area contributed by atoms with Crippen molar-refractivity contribution >= 4 is 17.1 Å². The summed E-state index contributed by atoms with van der Waals surface area (Å²) in [5.74, 6) is 0. The van der Waals surface area contributed by atoms with Crippen LogP contribution in [0.2, 0.25) is 0 Å². The lowest BCUT2D eigenvalue weighted by atomic mass is 9.73. The van der Waals surface area contributed by atoms with E-state index in [2.05, 4.69) is 15.2 Å². The second-order valence-electron chi connectivity index (χ2n) is 7.29. The van der Waals surface area contributed by atoms with Crippen LogP contribution in [0.25, 0.3) is 11.1 Å². The maximum atomic E-state index is 5.84. The van der Waals surface area contributed by atoms with Gasteiger partial charge in [-0.3, -0.25) is 4.90 Å². The van der Waals surface area contributed by atoms with Crippen LogP contribution in [-0.2, 0) is 4.74 Å². The average molecular weight is 329 g/mol. The van der Waals surface area contributed by atoms with E-state index in [9.17, 15) is 0 Å². The number of nitrogens with zero attached hydrogens (tertiary/aromatic N) is 2. The molecule has 1 saturated carbocycles. The summed E-state index contributed by atoms with van der Waals surface area (Å²) < 4.78 is 11.3. The number of anilines is 1. The van der Waals surface area contributed by atoms with Crippen LogP contribution in [0.1, 0.15) is 32.1 Å². The molecule has 4 rings (SSSR count). The Morgan fingerprint density at radius 1 is 1.08 bits per heavy atom. The first-order valence-electron chi connectivity index (χ1n) is 9.23. The van der Waals surface area contributed by atoms with E-state index in [1.54, 1.807) is 0 Å². The fourth-order valence-corrected chi connectivity index (χ4v) is 4.14. The lowest BCUT2D eigenvalue weighted by molar-refractivity contribution is 0.0102. The molecule has 5 nitrogen and oxygen atoms in total. The number of fused-ring (bicyclic) bond motifs is 1. The number of hydrogen-bond acceptors (Lipinski definition) is 5. The number of aromatic nitrogens is 1. The van der Waals surface area contributed by atoms with Gasteiger partial charge in [0.05, 0.1) is 13.2 Å². The molecule has 2 aliphatic rings. The summed E-state index contributed by atoms with van der Waals surface area (Å²) in [6.45, 7) is 5.96. The zero-order chi connectivity index (χ0) is 16.2. The molecule has 0 bridgehead atoms. The largest absolute Gasteiger partial charge is 0.424 e. The molecule has 1 saturated heterocycles. The van der Waals surface area contributed by atoms with Crippen LogP contribution in [0.3, 0.4) is 0 Å². The highest BCUT2D eigenvalue weighted by atomic mass is 16.5. The van der Waals surface area contributed by atoms with Crippen LogP contribution >= 0.6 is 0 Å². The minimum atomic E-state index is 0.330. The fourth-order valence-electron chi connectivity index (χ4n) is 4.14. The van der Waals surface area contributed by atoms with Crippen molar-refractivity contribution in [3.63, 3.8) is 0 Å². The molecule has 0 atom stereocenters. The van der Waals surface area contributed by atoms with Crippen LogP contribution in [0.15, 0.2) is 28.7 Å². The lowest BCUT2D eigenvalue weighted by Crippen LogP contribution is -2.47. The molecule has 2 fully saturated rings. The summed E-state index contributed by atoms with van der Waals surface area (Å²) in [5, 5.41) is 3.50. The molecule has 1 aliphatic heterocycles. The van der Waals surface area contributed by atoms with Gasteiger partial charge in [0.25, 0.3) is 6.01 Å². The van der Waals surface area contributed by atoms with Crippen molar-refractivity contribution in [1.29, 1.82) is 0 Å². The second-order valence-corrected chi connectivity index (χ2v) is 7.29. The molecule has 0 spiro atoms. The van der Waals surface area contributed by atoms with Crippen molar-refractivity contribution in [2.75, 3.05) is 44.7 Å². The van der Waals surface area contributed by atoms with E-state index in [-0.39, 0.29) is 0 Å². The summed E-state index contributed by atoms with van der Waals surface area (Å²) in [5.41, 5.74) is 2.10. The van der Waals surface area contributed by atoms with Gasteiger partial charge in [0, 0.05) is 31.6 Å². The van der Waals surface area contributed by atoms with Crippen molar-refractivity contribution in [2.24, 2.45) is 5.41 Å². The maximum Gasteiger partial charge on any atom is 0.295 e. The Kier molecular flexibility index (Phi) is 4.72. The van der Waals surface area contributed by atoms with Gasteiger partial charge in [-0.15, -0.1) is 0 Å². The third-order valence-electron chi connectivity index (χ3n) is 5.49. The maximum absolute atomic E-state index is 5.84. The number of para-hydroxylation sites is 2. The van der Waals surface area contributed by atoms with Gasteiger partial charge in [-0.2, -0.15) is 4.98 Å². The van der Waals surface area contributed by atoms with Gasteiger partial charge >= 0.3 is 0 Å². The Hall–Kier alpha value is -1.59. The molecular weight excluding hydrogens is 302 g/mol. The zero-order valence-corrected chi connectivity index (χ0v) is 14.3. The van der Waals surface area contributed by atoms with Crippen molar-refractivity contribution in [3.8, 4) is 0 Å². The number of nitrogens with one attached hydrogen (secondary N) is 1. The van der Waals surface area contributed by atoms with Crippen LogP contribution < -0.4 is 5.32 Å². The van der Waals surface area contributed by atoms with Crippen molar-refractivity contribution < 1.29 is 9.15 Å². The SMILES string of the molecule is c1ccc2oc(NCC3(CN4CCOCC4)CCCCC3)nc2c1. The van der Waals surface area contributed by atoms with Gasteiger partial charge in [-0.1, -0.05) is 31.4 Å². The number of oxazole rings is 1. The molecule has 1 aliphatic carbocycles. The first kappa shape index (κ1) is 15.9. The van der Waals surface area contributed by atoms with Gasteiger partial charge in [0.2, 0.25) is 0 Å². The van der Waals surface area contributed by atoms with Crippen LogP contribution in [0, 0.1) is 5.41 Å². The molecule has 0 radical (unpaired) electrons. The van der Waals surface area contributed by atoms with Crippen molar-refractivity contribution in [1.82, 2.24) is 9.88 Å². The van der Waals surface area contributed by atoms with Crippen molar-refractivity contribution in [3.05, 3.63) is 24.3 Å². The van der Waals surface area contributed by atoms with Gasteiger partial charge in [-0.05, 0) is 25.0 Å². The van der Waals surface area contributed by atoms with E-state index in [1.807, 2.05) is 24.3 Å². The topological polar surface area (TPSA) is 50.5 Å². The van der Waals surface area contributed by atoms with Crippen LogP contribution in [-0.4, -0.2) is 49.3 Å². The molecular formula is C19H27N3O2. The highest BCUT2D eigenvalue weighted by Crippen LogP contribution is 2.37. The van der Waals surface area contributed by atoms with Gasteiger partial charge in [-0.25, -0.2) is 0 Å². The highest BCUT2D eigenvalue weighted by Gasteiger charge is 2.34. The summed E-state index contributed by atoms with van der Waals surface area (Å²) in [7, 11) is 0. The predicted molar refractivity (Wildman–Crippen MR) is 95.3 cm³/mol. The quantitative estimate of drug-likeness (QED) is 0.909.